The lowest BCUT2D eigenvalue weighted by molar-refractivity contribution is -0.110. The average Bonchev–Trinajstić information content (AvgIpc) is 3.70. The summed E-state index contributed by atoms with van der Waals surface area (Å²) in [6.07, 6.45) is 4.16. The van der Waals surface area contributed by atoms with Crippen molar-refractivity contribution in [3.63, 3.8) is 0 Å². The van der Waals surface area contributed by atoms with Gasteiger partial charge in [-0.2, -0.15) is 0 Å². The minimum absolute atomic E-state index is 0.0559. The third kappa shape index (κ3) is 5.25. The maximum atomic E-state index is 13.2. The number of aromatic amines is 1. The lowest BCUT2D eigenvalue weighted by Crippen LogP contribution is -2.35. The zero-order valence-corrected chi connectivity index (χ0v) is 23.3. The number of aryl methyl sites for hydroxylation is 1. The van der Waals surface area contributed by atoms with E-state index in [0.29, 0.717) is 28.1 Å². The molecular weight excluding hydrogens is 528 g/mol. The Hall–Kier alpha value is -5.28. The Labute approximate surface area is 242 Å². The van der Waals surface area contributed by atoms with Crippen molar-refractivity contribution in [1.29, 1.82) is 0 Å². The number of hydrogen-bond acceptors (Lipinski definition) is 5. The van der Waals surface area contributed by atoms with Gasteiger partial charge in [-0.1, -0.05) is 65.9 Å². The summed E-state index contributed by atoms with van der Waals surface area (Å²) in [7, 11) is 0. The van der Waals surface area contributed by atoms with E-state index in [1.165, 1.54) is 10.9 Å². The largest absolute Gasteiger partial charge is 0.389 e. The van der Waals surface area contributed by atoms with E-state index in [4.69, 9.17) is 0 Å². The van der Waals surface area contributed by atoms with Crippen LogP contribution in [0, 0.1) is 13.8 Å². The summed E-state index contributed by atoms with van der Waals surface area (Å²) in [4.78, 5) is 29.6. The normalized spacial score (nSPS) is 14.1. The first kappa shape index (κ1) is 26.9. The van der Waals surface area contributed by atoms with Gasteiger partial charge in [0.25, 0.3) is 11.8 Å². The molecule has 0 saturated carbocycles. The monoisotopic (exact) mass is 558 g/mol. The number of hydrogen-bond donors (Lipinski definition) is 4. The minimum atomic E-state index is -0.825. The van der Waals surface area contributed by atoms with Gasteiger partial charge in [0.1, 0.15) is 0 Å². The summed E-state index contributed by atoms with van der Waals surface area (Å²) >= 11 is 0. The third-order valence-corrected chi connectivity index (χ3v) is 7.47. The molecule has 5 aromatic rings. The summed E-state index contributed by atoms with van der Waals surface area (Å²) in [5, 5.41) is 23.7. The van der Waals surface area contributed by atoms with Crippen LogP contribution in [0.5, 0.6) is 0 Å². The predicted octanol–water partition coefficient (Wildman–Crippen LogP) is 4.84. The molecule has 0 spiro atoms. The van der Waals surface area contributed by atoms with Gasteiger partial charge in [0.05, 0.1) is 30.0 Å². The number of benzene rings is 3. The van der Waals surface area contributed by atoms with Gasteiger partial charge < -0.3 is 20.7 Å². The molecule has 0 fully saturated rings. The van der Waals surface area contributed by atoms with Crippen LogP contribution < -0.4 is 10.6 Å². The van der Waals surface area contributed by atoms with Crippen molar-refractivity contribution < 1.29 is 14.7 Å². The molecule has 2 amide bonds. The lowest BCUT2D eigenvalue weighted by Gasteiger charge is -2.12. The molecule has 0 saturated heterocycles. The van der Waals surface area contributed by atoms with Crippen molar-refractivity contribution in [3.05, 3.63) is 113 Å². The average molecular weight is 559 g/mol. The van der Waals surface area contributed by atoms with E-state index in [-0.39, 0.29) is 24.9 Å². The number of aromatic nitrogens is 4. The second kappa shape index (κ2) is 11.3. The number of aliphatic hydroxyl groups excluding tert-OH is 1. The summed E-state index contributed by atoms with van der Waals surface area (Å²) < 4.78 is 1.50. The predicted molar refractivity (Wildman–Crippen MR) is 162 cm³/mol. The quantitative estimate of drug-likeness (QED) is 0.203. The van der Waals surface area contributed by atoms with Crippen LogP contribution in [-0.2, 0) is 11.3 Å². The lowest BCUT2D eigenvalue weighted by atomic mass is 9.92. The standard InChI is InChI=1S/C33H30N6O3/c1-20-29(36-21(2)30(20)33(42)34-18-25(40)19-39-15-14-35-38-39)17-27-31-26(12-7-13-28(31)37-32(27)41)24-11-6-10-23(16-24)22-8-4-3-5-9-22/h3-17,25,36,40H,18-19H2,1-2H3,(H,34,42)(H,37,41). The van der Waals surface area contributed by atoms with E-state index in [1.807, 2.05) is 68.5 Å². The Kier molecular flexibility index (Phi) is 7.24. The molecule has 210 valence electrons. The highest BCUT2D eigenvalue weighted by atomic mass is 16.3. The summed E-state index contributed by atoms with van der Waals surface area (Å²) in [6, 6.07) is 24.3. The minimum Gasteiger partial charge on any atom is -0.389 e. The Balaban J connectivity index is 1.30. The van der Waals surface area contributed by atoms with Gasteiger partial charge in [0.2, 0.25) is 0 Å². The second-order valence-electron chi connectivity index (χ2n) is 10.3. The Morgan fingerprint density at radius 3 is 2.57 bits per heavy atom. The highest BCUT2D eigenvalue weighted by molar-refractivity contribution is 6.36. The summed E-state index contributed by atoms with van der Waals surface area (Å²) in [5.74, 6) is -0.510. The van der Waals surface area contributed by atoms with Crippen LogP contribution in [0.4, 0.5) is 5.69 Å². The molecule has 42 heavy (non-hydrogen) atoms. The van der Waals surface area contributed by atoms with E-state index in [9.17, 15) is 14.7 Å². The molecule has 9 nitrogen and oxygen atoms in total. The zero-order chi connectivity index (χ0) is 29.2. The van der Waals surface area contributed by atoms with Gasteiger partial charge in [-0.3, -0.25) is 9.59 Å². The first-order chi connectivity index (χ1) is 20.4. The van der Waals surface area contributed by atoms with Crippen molar-refractivity contribution >= 4 is 29.2 Å². The maximum Gasteiger partial charge on any atom is 0.256 e. The molecule has 1 unspecified atom stereocenters. The Morgan fingerprint density at radius 2 is 1.79 bits per heavy atom. The van der Waals surface area contributed by atoms with E-state index in [2.05, 4.69) is 50.2 Å². The topological polar surface area (TPSA) is 125 Å². The Morgan fingerprint density at radius 1 is 1.02 bits per heavy atom. The fraction of sp³-hybridized carbons (Fsp3) is 0.152. The molecule has 1 atom stereocenters. The molecule has 6 rings (SSSR count). The number of H-pyrrole nitrogens is 1. The molecule has 9 heteroatoms. The van der Waals surface area contributed by atoms with Crippen LogP contribution in [0.1, 0.15) is 32.9 Å². The van der Waals surface area contributed by atoms with Gasteiger partial charge in [-0.15, -0.1) is 5.10 Å². The fourth-order valence-corrected chi connectivity index (χ4v) is 5.44. The number of nitrogens with one attached hydrogen (secondary N) is 3. The van der Waals surface area contributed by atoms with Crippen molar-refractivity contribution in [1.82, 2.24) is 25.3 Å². The molecular formula is C33H30N6O3. The van der Waals surface area contributed by atoms with E-state index >= 15 is 0 Å². The van der Waals surface area contributed by atoms with Crippen LogP contribution >= 0.6 is 0 Å². The van der Waals surface area contributed by atoms with Gasteiger partial charge >= 0.3 is 0 Å². The van der Waals surface area contributed by atoms with Crippen molar-refractivity contribution in [2.75, 3.05) is 11.9 Å². The number of anilines is 1. The molecule has 0 aliphatic carbocycles. The smallest absolute Gasteiger partial charge is 0.256 e. The number of amides is 2. The number of nitrogens with zero attached hydrogens (tertiary/aromatic N) is 3. The number of fused-ring (bicyclic) bond motifs is 1. The van der Waals surface area contributed by atoms with E-state index < -0.39 is 6.10 Å². The Bertz CT molecular complexity index is 1810. The molecule has 0 radical (unpaired) electrons. The maximum absolute atomic E-state index is 13.2. The first-order valence-corrected chi connectivity index (χ1v) is 13.7. The van der Waals surface area contributed by atoms with Crippen LogP contribution in [0.3, 0.4) is 0 Å². The molecule has 4 N–H and O–H groups in total. The van der Waals surface area contributed by atoms with Crippen molar-refractivity contribution in [2.45, 2.75) is 26.5 Å². The van der Waals surface area contributed by atoms with Gasteiger partial charge in [-0.25, -0.2) is 4.68 Å². The first-order valence-electron chi connectivity index (χ1n) is 13.7. The van der Waals surface area contributed by atoms with Gasteiger partial charge in [-0.05, 0) is 59.9 Å². The number of carbonyl (C=O) groups excluding carboxylic acids is 2. The van der Waals surface area contributed by atoms with Crippen LogP contribution in [0.2, 0.25) is 0 Å². The fourth-order valence-electron chi connectivity index (χ4n) is 5.44. The molecule has 3 aromatic carbocycles. The summed E-state index contributed by atoms with van der Waals surface area (Å²) in [6.45, 7) is 3.94. The van der Waals surface area contributed by atoms with Gasteiger partial charge in [0, 0.05) is 35.4 Å². The molecule has 3 heterocycles. The second-order valence-corrected chi connectivity index (χ2v) is 10.3. The van der Waals surface area contributed by atoms with E-state index in [1.54, 1.807) is 6.20 Å². The number of rotatable bonds is 8. The number of aliphatic hydroxyl groups is 1. The molecule has 2 aromatic heterocycles. The van der Waals surface area contributed by atoms with Gasteiger partial charge in [0.15, 0.2) is 0 Å². The van der Waals surface area contributed by atoms with Crippen LogP contribution in [0.15, 0.2) is 85.2 Å². The van der Waals surface area contributed by atoms with Crippen molar-refractivity contribution in [3.8, 4) is 22.3 Å². The highest BCUT2D eigenvalue weighted by Gasteiger charge is 2.28. The molecule has 1 aliphatic rings. The summed E-state index contributed by atoms with van der Waals surface area (Å²) in [5.41, 5.74) is 8.77. The molecule has 0 bridgehead atoms. The zero-order valence-electron chi connectivity index (χ0n) is 23.3. The van der Waals surface area contributed by atoms with E-state index in [0.717, 1.165) is 33.5 Å². The third-order valence-electron chi connectivity index (χ3n) is 7.47. The molecule has 1 aliphatic heterocycles. The van der Waals surface area contributed by atoms with Crippen molar-refractivity contribution in [2.24, 2.45) is 0 Å². The van der Waals surface area contributed by atoms with Crippen LogP contribution in [-0.4, -0.2) is 49.5 Å². The van der Waals surface area contributed by atoms with Crippen LogP contribution in [0.25, 0.3) is 33.9 Å². The highest BCUT2D eigenvalue weighted by Crippen LogP contribution is 2.41. The number of carbonyl (C=O) groups is 2. The SMILES string of the molecule is Cc1[nH]c(C=C2C(=O)Nc3cccc(-c4cccc(-c5ccccc5)c4)c32)c(C)c1C(=O)NCC(O)Cn1ccnn1.